The van der Waals surface area contributed by atoms with E-state index in [2.05, 4.69) is 5.10 Å². The van der Waals surface area contributed by atoms with Gasteiger partial charge in [0.1, 0.15) is 5.52 Å². The Bertz CT molecular complexity index is 516. The van der Waals surface area contributed by atoms with Gasteiger partial charge in [-0.05, 0) is 18.6 Å². The van der Waals surface area contributed by atoms with Crippen LogP contribution in [-0.4, -0.2) is 14.7 Å². The van der Waals surface area contributed by atoms with Gasteiger partial charge in [-0.3, -0.25) is 14.8 Å². The molecule has 0 N–H and O–H groups in total. The Morgan fingerprint density at radius 2 is 2.21 bits per heavy atom. The Kier molecular flexibility index (Phi) is 1.73. The molecule has 5 nitrogen and oxygen atoms in total. The fourth-order valence-corrected chi connectivity index (χ4v) is 1.58. The summed E-state index contributed by atoms with van der Waals surface area (Å²) in [6.45, 7) is 1.83. The zero-order chi connectivity index (χ0) is 10.3. The van der Waals surface area contributed by atoms with Gasteiger partial charge in [0.05, 0.1) is 11.1 Å². The Balaban J connectivity index is 2.90. The molecule has 0 aliphatic carbocycles. The van der Waals surface area contributed by atoms with Crippen LogP contribution in [0.2, 0.25) is 0 Å². The first-order valence-corrected chi connectivity index (χ1v) is 4.16. The Hall–Kier alpha value is -1.91. The summed E-state index contributed by atoms with van der Waals surface area (Å²) in [5.41, 5.74) is 1.55. The molecule has 0 bridgehead atoms. The number of fused-ring (bicyclic) bond motifs is 1. The highest BCUT2D eigenvalue weighted by Crippen LogP contribution is 2.26. The average Bonchev–Trinajstić information content (AvgIpc) is 2.46. The highest BCUT2D eigenvalue weighted by molar-refractivity contribution is 5.88. The highest BCUT2D eigenvalue weighted by atomic mass is 16.6. The van der Waals surface area contributed by atoms with Crippen molar-refractivity contribution in [3.63, 3.8) is 0 Å². The number of benzene rings is 1. The minimum Gasteiger partial charge on any atom is -0.261 e. The van der Waals surface area contributed by atoms with Gasteiger partial charge in [0, 0.05) is 18.5 Å². The molecule has 0 aliphatic heterocycles. The monoisotopic (exact) mass is 191 g/mol. The van der Waals surface area contributed by atoms with E-state index in [1.165, 1.54) is 4.68 Å². The maximum absolute atomic E-state index is 10.8. The maximum Gasteiger partial charge on any atom is 0.295 e. The van der Waals surface area contributed by atoms with E-state index < -0.39 is 0 Å². The van der Waals surface area contributed by atoms with Gasteiger partial charge in [-0.25, -0.2) is 0 Å². The molecule has 2 aromatic rings. The number of nitro benzene ring substituents is 1. The van der Waals surface area contributed by atoms with E-state index in [4.69, 9.17) is 0 Å². The van der Waals surface area contributed by atoms with Crippen LogP contribution >= 0.6 is 0 Å². The molecule has 5 heteroatoms. The topological polar surface area (TPSA) is 61.0 Å². The van der Waals surface area contributed by atoms with Crippen LogP contribution in [0.15, 0.2) is 18.3 Å². The van der Waals surface area contributed by atoms with Crippen LogP contribution in [0.3, 0.4) is 0 Å². The van der Waals surface area contributed by atoms with Gasteiger partial charge >= 0.3 is 0 Å². The van der Waals surface area contributed by atoms with Gasteiger partial charge in [0.25, 0.3) is 5.69 Å². The number of hydrogen-bond donors (Lipinski definition) is 0. The predicted octanol–water partition coefficient (Wildman–Crippen LogP) is 1.79. The number of non-ortho nitro benzene ring substituents is 1. The van der Waals surface area contributed by atoms with Gasteiger partial charge in [-0.1, -0.05) is 0 Å². The molecular weight excluding hydrogens is 182 g/mol. The van der Waals surface area contributed by atoms with Gasteiger partial charge in [0.15, 0.2) is 0 Å². The minimum absolute atomic E-state index is 0.111. The van der Waals surface area contributed by atoms with Crippen molar-refractivity contribution in [1.82, 2.24) is 9.78 Å². The fraction of sp³-hybridized carbons (Fsp3) is 0.222. The largest absolute Gasteiger partial charge is 0.295 e. The van der Waals surface area contributed by atoms with Crippen molar-refractivity contribution in [2.75, 3.05) is 0 Å². The number of nitrogens with zero attached hydrogens (tertiary/aromatic N) is 3. The molecular formula is C9H9N3O2. The van der Waals surface area contributed by atoms with Crippen molar-refractivity contribution in [1.29, 1.82) is 0 Å². The molecule has 0 unspecified atom stereocenters. The Morgan fingerprint density at radius 1 is 1.50 bits per heavy atom. The second-order valence-electron chi connectivity index (χ2n) is 3.25. The van der Waals surface area contributed by atoms with Gasteiger partial charge in [0.2, 0.25) is 0 Å². The first-order valence-electron chi connectivity index (χ1n) is 4.16. The number of rotatable bonds is 1. The molecule has 72 valence electrons. The molecule has 0 saturated carbocycles. The molecule has 0 atom stereocenters. The first kappa shape index (κ1) is 8.68. The van der Waals surface area contributed by atoms with Crippen LogP contribution < -0.4 is 0 Å². The molecule has 0 spiro atoms. The van der Waals surface area contributed by atoms with E-state index in [0.29, 0.717) is 5.52 Å². The van der Waals surface area contributed by atoms with Crippen molar-refractivity contribution in [2.45, 2.75) is 6.92 Å². The molecule has 2 rings (SSSR count). The van der Waals surface area contributed by atoms with Crippen LogP contribution in [-0.2, 0) is 7.05 Å². The lowest BCUT2D eigenvalue weighted by Gasteiger charge is -1.98. The van der Waals surface area contributed by atoms with Gasteiger partial charge in [-0.2, -0.15) is 5.10 Å². The summed E-state index contributed by atoms with van der Waals surface area (Å²) in [5.74, 6) is 0. The van der Waals surface area contributed by atoms with Gasteiger partial charge in [-0.15, -0.1) is 0 Å². The number of aromatic nitrogens is 2. The summed E-state index contributed by atoms with van der Waals surface area (Å²) in [5, 5.41) is 15.6. The van der Waals surface area contributed by atoms with E-state index >= 15 is 0 Å². The summed E-state index contributed by atoms with van der Waals surface area (Å²) in [7, 11) is 1.70. The third kappa shape index (κ3) is 1.14. The van der Waals surface area contributed by atoms with Crippen molar-refractivity contribution < 1.29 is 4.92 Å². The predicted molar refractivity (Wildman–Crippen MR) is 52.1 cm³/mol. The third-order valence-corrected chi connectivity index (χ3v) is 2.15. The Labute approximate surface area is 80.1 Å². The zero-order valence-corrected chi connectivity index (χ0v) is 7.89. The van der Waals surface area contributed by atoms with Crippen molar-refractivity contribution in [3.05, 3.63) is 34.0 Å². The molecule has 0 radical (unpaired) electrons. The first-order chi connectivity index (χ1) is 6.59. The molecule has 1 heterocycles. The lowest BCUT2D eigenvalue weighted by molar-refractivity contribution is -0.383. The number of nitro groups is 1. The molecule has 1 aromatic carbocycles. The van der Waals surface area contributed by atoms with E-state index in [1.54, 1.807) is 19.3 Å². The summed E-state index contributed by atoms with van der Waals surface area (Å²) in [6, 6.07) is 3.44. The summed E-state index contributed by atoms with van der Waals surface area (Å²) in [4.78, 5) is 10.4. The lowest BCUT2D eigenvalue weighted by atomic mass is 10.1. The molecule has 0 fully saturated rings. The lowest BCUT2D eigenvalue weighted by Crippen LogP contribution is -1.95. The van der Waals surface area contributed by atoms with E-state index in [0.717, 1.165) is 10.9 Å². The second kappa shape index (κ2) is 2.80. The van der Waals surface area contributed by atoms with Crippen molar-refractivity contribution in [3.8, 4) is 0 Å². The van der Waals surface area contributed by atoms with Crippen LogP contribution in [0.5, 0.6) is 0 Å². The van der Waals surface area contributed by atoms with Crippen LogP contribution in [0.25, 0.3) is 10.9 Å². The number of aryl methyl sites for hydroxylation is 2. The number of hydrogen-bond acceptors (Lipinski definition) is 3. The van der Waals surface area contributed by atoms with E-state index in [-0.39, 0.29) is 10.6 Å². The van der Waals surface area contributed by atoms with Gasteiger partial charge < -0.3 is 0 Å². The summed E-state index contributed by atoms with van der Waals surface area (Å²) < 4.78 is 1.52. The highest BCUT2D eigenvalue weighted by Gasteiger charge is 2.15. The van der Waals surface area contributed by atoms with Crippen LogP contribution in [0, 0.1) is 17.0 Å². The van der Waals surface area contributed by atoms with Crippen molar-refractivity contribution in [2.24, 2.45) is 7.05 Å². The van der Waals surface area contributed by atoms with Crippen LogP contribution in [0.1, 0.15) is 5.56 Å². The standard InChI is InChI=1S/C9H9N3O2/c1-6-3-7-5-10-11(2)9(7)8(4-6)12(13)14/h3-5H,1-2H3. The van der Waals surface area contributed by atoms with E-state index in [1.807, 2.05) is 13.0 Å². The quantitative estimate of drug-likeness (QED) is 0.510. The minimum atomic E-state index is -0.378. The third-order valence-electron chi connectivity index (χ3n) is 2.15. The van der Waals surface area contributed by atoms with Crippen molar-refractivity contribution >= 4 is 16.6 Å². The molecule has 0 aliphatic rings. The smallest absolute Gasteiger partial charge is 0.261 e. The van der Waals surface area contributed by atoms with E-state index in [9.17, 15) is 10.1 Å². The maximum atomic E-state index is 10.8. The molecule has 1 aromatic heterocycles. The summed E-state index contributed by atoms with van der Waals surface area (Å²) in [6.07, 6.45) is 1.63. The Morgan fingerprint density at radius 3 is 2.86 bits per heavy atom. The zero-order valence-electron chi connectivity index (χ0n) is 7.89. The fourth-order valence-electron chi connectivity index (χ4n) is 1.58. The molecule has 14 heavy (non-hydrogen) atoms. The molecule has 0 amide bonds. The summed E-state index contributed by atoms with van der Waals surface area (Å²) >= 11 is 0. The SMILES string of the molecule is Cc1cc([N+](=O)[O-])c2c(cnn2C)c1. The average molecular weight is 191 g/mol. The normalized spacial score (nSPS) is 10.7. The molecule has 0 saturated heterocycles. The second-order valence-corrected chi connectivity index (χ2v) is 3.25. The van der Waals surface area contributed by atoms with Crippen LogP contribution in [0.4, 0.5) is 5.69 Å².